The zero-order valence-corrected chi connectivity index (χ0v) is 7.73. The quantitative estimate of drug-likeness (QED) is 0.741. The Bertz CT molecular complexity index is 276. The van der Waals surface area contributed by atoms with Gasteiger partial charge in [-0.25, -0.2) is 0 Å². The van der Waals surface area contributed by atoms with Crippen molar-refractivity contribution in [1.29, 1.82) is 0 Å². The van der Waals surface area contributed by atoms with E-state index in [1.165, 1.54) is 6.42 Å². The molecule has 1 heterocycles. The maximum absolute atomic E-state index is 8.82. The van der Waals surface area contributed by atoms with Gasteiger partial charge in [-0.1, -0.05) is 6.92 Å². The third-order valence-corrected chi connectivity index (χ3v) is 2.68. The van der Waals surface area contributed by atoms with Gasteiger partial charge in [-0.15, -0.1) is 0 Å². The van der Waals surface area contributed by atoms with Crippen molar-refractivity contribution >= 4 is 0 Å². The van der Waals surface area contributed by atoms with Crippen LogP contribution in [0.4, 0.5) is 0 Å². The topological polar surface area (TPSA) is 59.4 Å². The highest BCUT2D eigenvalue weighted by atomic mass is 16.3. The van der Waals surface area contributed by atoms with E-state index in [1.807, 2.05) is 12.1 Å². The van der Waals surface area contributed by atoms with Crippen LogP contribution in [0.25, 0.3) is 0 Å². The normalized spacial score (nSPS) is 28.8. The van der Waals surface area contributed by atoms with Gasteiger partial charge in [0.2, 0.25) is 0 Å². The number of furan rings is 1. The Morgan fingerprint density at radius 1 is 1.69 bits per heavy atom. The van der Waals surface area contributed by atoms with Crippen molar-refractivity contribution < 1.29 is 9.52 Å². The van der Waals surface area contributed by atoms with Crippen molar-refractivity contribution in [2.75, 3.05) is 6.61 Å². The molecule has 0 spiro atoms. The van der Waals surface area contributed by atoms with Crippen LogP contribution < -0.4 is 5.73 Å². The number of aliphatic hydroxyl groups excluding tert-OH is 1. The van der Waals surface area contributed by atoms with Gasteiger partial charge in [-0.05, 0) is 24.5 Å². The van der Waals surface area contributed by atoms with Gasteiger partial charge in [0.15, 0.2) is 0 Å². The summed E-state index contributed by atoms with van der Waals surface area (Å²) in [6, 6.07) is 3.46. The Morgan fingerprint density at radius 2 is 2.38 bits per heavy atom. The molecular formula is C10H15NO2. The van der Waals surface area contributed by atoms with E-state index >= 15 is 0 Å². The SMILES string of the molecule is CC1CC1c1ccc(C(N)CO)o1. The Balaban J connectivity index is 2.09. The minimum absolute atomic E-state index is 0.0623. The molecule has 13 heavy (non-hydrogen) atoms. The summed E-state index contributed by atoms with van der Waals surface area (Å²) in [7, 11) is 0. The van der Waals surface area contributed by atoms with E-state index in [9.17, 15) is 0 Å². The van der Waals surface area contributed by atoms with Crippen LogP contribution in [-0.2, 0) is 0 Å². The van der Waals surface area contributed by atoms with E-state index in [1.54, 1.807) is 0 Å². The fourth-order valence-corrected chi connectivity index (χ4v) is 1.58. The first-order valence-electron chi connectivity index (χ1n) is 4.68. The highest BCUT2D eigenvalue weighted by Crippen LogP contribution is 2.47. The van der Waals surface area contributed by atoms with Crippen LogP contribution >= 0.6 is 0 Å². The molecule has 3 atom stereocenters. The fourth-order valence-electron chi connectivity index (χ4n) is 1.58. The third-order valence-electron chi connectivity index (χ3n) is 2.68. The maximum atomic E-state index is 8.82. The van der Waals surface area contributed by atoms with Crippen molar-refractivity contribution in [2.45, 2.75) is 25.3 Å². The number of rotatable bonds is 3. The van der Waals surface area contributed by atoms with Crippen LogP contribution in [0.2, 0.25) is 0 Å². The summed E-state index contributed by atoms with van der Waals surface area (Å²) in [5.74, 6) is 3.03. The first kappa shape index (κ1) is 8.78. The van der Waals surface area contributed by atoms with Gasteiger partial charge in [-0.2, -0.15) is 0 Å². The molecule has 1 fully saturated rings. The average Bonchev–Trinajstić information content (AvgIpc) is 2.70. The second kappa shape index (κ2) is 3.16. The average molecular weight is 181 g/mol. The Hall–Kier alpha value is -0.800. The molecule has 3 unspecified atom stereocenters. The molecular weight excluding hydrogens is 166 g/mol. The zero-order valence-electron chi connectivity index (χ0n) is 7.73. The maximum Gasteiger partial charge on any atom is 0.123 e. The lowest BCUT2D eigenvalue weighted by atomic mass is 10.2. The number of hydrogen-bond acceptors (Lipinski definition) is 3. The minimum atomic E-state index is -0.372. The van der Waals surface area contributed by atoms with E-state index < -0.39 is 0 Å². The van der Waals surface area contributed by atoms with Crippen molar-refractivity contribution in [3.63, 3.8) is 0 Å². The molecule has 1 aliphatic rings. The Kier molecular flexibility index (Phi) is 2.14. The summed E-state index contributed by atoms with van der Waals surface area (Å²) in [6.07, 6.45) is 1.21. The Morgan fingerprint density at radius 3 is 2.92 bits per heavy atom. The van der Waals surface area contributed by atoms with Crippen LogP contribution in [0.15, 0.2) is 16.5 Å². The van der Waals surface area contributed by atoms with Gasteiger partial charge in [0.25, 0.3) is 0 Å². The van der Waals surface area contributed by atoms with E-state index in [4.69, 9.17) is 15.3 Å². The summed E-state index contributed by atoms with van der Waals surface area (Å²) >= 11 is 0. The van der Waals surface area contributed by atoms with Crippen molar-refractivity contribution in [3.05, 3.63) is 23.7 Å². The lowest BCUT2D eigenvalue weighted by Crippen LogP contribution is -2.13. The largest absolute Gasteiger partial charge is 0.464 e. The summed E-state index contributed by atoms with van der Waals surface area (Å²) in [5, 5.41) is 8.82. The monoisotopic (exact) mass is 181 g/mol. The molecule has 1 saturated carbocycles. The lowest BCUT2D eigenvalue weighted by molar-refractivity contribution is 0.249. The highest BCUT2D eigenvalue weighted by molar-refractivity contribution is 5.19. The van der Waals surface area contributed by atoms with Gasteiger partial charge in [0.1, 0.15) is 11.5 Å². The molecule has 0 aliphatic heterocycles. The number of hydrogen-bond donors (Lipinski definition) is 2. The summed E-state index contributed by atoms with van der Waals surface area (Å²) < 4.78 is 5.55. The summed E-state index contributed by atoms with van der Waals surface area (Å²) in [6.45, 7) is 2.14. The van der Waals surface area contributed by atoms with Crippen LogP contribution in [0.5, 0.6) is 0 Å². The van der Waals surface area contributed by atoms with E-state index in [-0.39, 0.29) is 12.6 Å². The summed E-state index contributed by atoms with van der Waals surface area (Å²) in [5.41, 5.74) is 5.62. The molecule has 1 aromatic heterocycles. The first-order valence-corrected chi connectivity index (χ1v) is 4.68. The molecule has 1 aromatic rings. The van der Waals surface area contributed by atoms with E-state index in [0.717, 1.165) is 11.7 Å². The predicted molar refractivity (Wildman–Crippen MR) is 49.2 cm³/mol. The van der Waals surface area contributed by atoms with Gasteiger partial charge >= 0.3 is 0 Å². The van der Waals surface area contributed by atoms with Gasteiger partial charge in [0.05, 0.1) is 12.6 Å². The van der Waals surface area contributed by atoms with Crippen molar-refractivity contribution in [2.24, 2.45) is 11.7 Å². The molecule has 0 amide bonds. The molecule has 0 aromatic carbocycles. The van der Waals surface area contributed by atoms with Gasteiger partial charge in [-0.3, -0.25) is 0 Å². The molecule has 0 saturated heterocycles. The van der Waals surface area contributed by atoms with Crippen LogP contribution in [0.1, 0.15) is 36.8 Å². The van der Waals surface area contributed by atoms with E-state index in [0.29, 0.717) is 11.7 Å². The van der Waals surface area contributed by atoms with Gasteiger partial charge < -0.3 is 15.3 Å². The molecule has 2 rings (SSSR count). The second-order valence-corrected chi connectivity index (χ2v) is 3.85. The van der Waals surface area contributed by atoms with Crippen molar-refractivity contribution in [1.82, 2.24) is 0 Å². The number of aliphatic hydroxyl groups is 1. The molecule has 0 radical (unpaired) electrons. The van der Waals surface area contributed by atoms with Gasteiger partial charge in [0, 0.05) is 5.92 Å². The molecule has 72 valence electrons. The van der Waals surface area contributed by atoms with Crippen molar-refractivity contribution in [3.8, 4) is 0 Å². The third kappa shape index (κ3) is 1.62. The zero-order chi connectivity index (χ0) is 9.42. The molecule has 1 aliphatic carbocycles. The summed E-state index contributed by atoms with van der Waals surface area (Å²) in [4.78, 5) is 0. The molecule has 3 nitrogen and oxygen atoms in total. The van der Waals surface area contributed by atoms with E-state index in [2.05, 4.69) is 6.92 Å². The second-order valence-electron chi connectivity index (χ2n) is 3.85. The standard InChI is InChI=1S/C10H15NO2/c1-6-4-7(6)9-2-3-10(13-9)8(11)5-12/h2-3,6-8,12H,4-5,11H2,1H3. The smallest absolute Gasteiger partial charge is 0.123 e. The minimum Gasteiger partial charge on any atom is -0.464 e. The highest BCUT2D eigenvalue weighted by Gasteiger charge is 2.36. The lowest BCUT2D eigenvalue weighted by Gasteiger charge is -2.02. The fraction of sp³-hybridized carbons (Fsp3) is 0.600. The molecule has 0 bridgehead atoms. The molecule has 3 N–H and O–H groups in total. The first-order chi connectivity index (χ1) is 6.22. The predicted octanol–water partition coefficient (Wildman–Crippen LogP) is 1.40. The van der Waals surface area contributed by atoms with Crippen LogP contribution in [0.3, 0.4) is 0 Å². The number of nitrogens with two attached hydrogens (primary N) is 1. The molecule has 3 heteroatoms. The van der Waals surface area contributed by atoms with Crippen LogP contribution in [0, 0.1) is 5.92 Å². The Labute approximate surface area is 77.5 Å². The van der Waals surface area contributed by atoms with Crippen LogP contribution in [-0.4, -0.2) is 11.7 Å².